The van der Waals surface area contributed by atoms with Gasteiger partial charge in [0.15, 0.2) is 0 Å². The highest BCUT2D eigenvalue weighted by atomic mass is 16.2. The van der Waals surface area contributed by atoms with E-state index in [4.69, 9.17) is 5.73 Å². The van der Waals surface area contributed by atoms with Crippen molar-refractivity contribution in [3.63, 3.8) is 0 Å². The Hall–Kier alpha value is -1.84. The molecule has 2 amide bonds. The molecule has 3 N–H and O–H groups in total. The molecule has 0 spiro atoms. The number of nitrogens with one attached hydrogen (secondary N) is 1. The molecule has 1 aromatic carbocycles. The van der Waals surface area contributed by atoms with E-state index in [2.05, 4.69) is 5.32 Å². The molecule has 0 saturated carbocycles. The summed E-state index contributed by atoms with van der Waals surface area (Å²) in [4.78, 5) is 23.5. The third kappa shape index (κ3) is 3.32. The molecule has 0 fully saturated rings. The average molecular weight is 248 g/mol. The molecule has 0 saturated heterocycles. The first-order valence-corrected chi connectivity index (χ1v) is 6.03. The van der Waals surface area contributed by atoms with Gasteiger partial charge in [0.1, 0.15) is 6.04 Å². The van der Waals surface area contributed by atoms with E-state index in [1.165, 1.54) is 0 Å². The van der Waals surface area contributed by atoms with Crippen LogP contribution in [0.1, 0.15) is 38.8 Å². The maximum atomic E-state index is 12.1. The van der Waals surface area contributed by atoms with Crippen LogP contribution < -0.4 is 11.1 Å². The lowest BCUT2D eigenvalue weighted by molar-refractivity contribution is -0.133. The molecule has 4 heteroatoms. The molecule has 1 aromatic rings. The molecule has 0 heterocycles. The number of benzene rings is 1. The Morgan fingerprint density at radius 1 is 1.28 bits per heavy atom. The summed E-state index contributed by atoms with van der Waals surface area (Å²) in [5.74, 6) is -0.723. The maximum Gasteiger partial charge on any atom is 0.244 e. The minimum Gasteiger partial charge on any atom is -0.368 e. The number of hydrogen-bond acceptors (Lipinski definition) is 2. The second-order valence-corrected chi connectivity index (χ2v) is 4.96. The lowest BCUT2D eigenvalue weighted by Gasteiger charge is -2.25. The van der Waals surface area contributed by atoms with Gasteiger partial charge in [-0.1, -0.05) is 51.1 Å². The highest BCUT2D eigenvalue weighted by Gasteiger charge is 2.29. The third-order valence-corrected chi connectivity index (χ3v) is 3.19. The van der Waals surface area contributed by atoms with Crippen molar-refractivity contribution in [3.8, 4) is 0 Å². The van der Waals surface area contributed by atoms with Crippen molar-refractivity contribution >= 4 is 11.8 Å². The van der Waals surface area contributed by atoms with E-state index >= 15 is 0 Å². The first kappa shape index (κ1) is 14.2. The molecule has 4 nitrogen and oxygen atoms in total. The van der Waals surface area contributed by atoms with E-state index in [-0.39, 0.29) is 5.91 Å². The zero-order chi connectivity index (χ0) is 13.8. The van der Waals surface area contributed by atoms with Crippen LogP contribution in [-0.2, 0) is 9.59 Å². The van der Waals surface area contributed by atoms with E-state index in [1.807, 2.05) is 39.0 Å². The SMILES string of the molecule is CCC(C)(C)C(=O)N[C@H](C(N)=O)c1ccccc1. The van der Waals surface area contributed by atoms with Gasteiger partial charge < -0.3 is 11.1 Å². The zero-order valence-corrected chi connectivity index (χ0v) is 11.1. The standard InChI is InChI=1S/C14H20N2O2/c1-4-14(2,3)13(18)16-11(12(15)17)10-8-6-5-7-9-10/h5-9,11H,4H2,1-3H3,(H2,15,17)(H,16,18)/t11-/m0/s1. The molecule has 0 aromatic heterocycles. The summed E-state index contributed by atoms with van der Waals surface area (Å²) < 4.78 is 0. The molecule has 0 unspecified atom stereocenters. The minimum absolute atomic E-state index is 0.169. The van der Waals surface area contributed by atoms with Gasteiger partial charge in [-0.2, -0.15) is 0 Å². The van der Waals surface area contributed by atoms with E-state index < -0.39 is 17.4 Å². The van der Waals surface area contributed by atoms with Gasteiger partial charge in [-0.05, 0) is 12.0 Å². The summed E-state index contributed by atoms with van der Waals surface area (Å²) >= 11 is 0. The van der Waals surface area contributed by atoms with Gasteiger partial charge in [-0.25, -0.2) is 0 Å². The molecule has 0 aliphatic carbocycles. The van der Waals surface area contributed by atoms with Crippen LogP contribution >= 0.6 is 0 Å². The molecular formula is C14H20N2O2. The van der Waals surface area contributed by atoms with Crippen molar-refractivity contribution < 1.29 is 9.59 Å². The van der Waals surface area contributed by atoms with Gasteiger partial charge in [0.2, 0.25) is 11.8 Å². The average Bonchev–Trinajstić information content (AvgIpc) is 2.36. The number of nitrogens with two attached hydrogens (primary N) is 1. The van der Waals surface area contributed by atoms with E-state index in [0.29, 0.717) is 12.0 Å². The van der Waals surface area contributed by atoms with Crippen molar-refractivity contribution in [2.45, 2.75) is 33.2 Å². The van der Waals surface area contributed by atoms with E-state index in [1.54, 1.807) is 12.1 Å². The Balaban J connectivity index is 2.90. The van der Waals surface area contributed by atoms with Crippen LogP contribution in [0.4, 0.5) is 0 Å². The molecule has 18 heavy (non-hydrogen) atoms. The van der Waals surface area contributed by atoms with Gasteiger partial charge in [0.05, 0.1) is 0 Å². The summed E-state index contributed by atoms with van der Waals surface area (Å²) in [6, 6.07) is 8.23. The van der Waals surface area contributed by atoms with Crippen LogP contribution in [0.25, 0.3) is 0 Å². The minimum atomic E-state index is -0.774. The highest BCUT2D eigenvalue weighted by Crippen LogP contribution is 2.22. The Kier molecular flexibility index (Phi) is 4.48. The summed E-state index contributed by atoms with van der Waals surface area (Å²) in [6.45, 7) is 5.61. The van der Waals surface area contributed by atoms with Crippen LogP contribution in [0.3, 0.4) is 0 Å². The van der Waals surface area contributed by atoms with Crippen LogP contribution in [0.2, 0.25) is 0 Å². The second kappa shape index (κ2) is 5.67. The Morgan fingerprint density at radius 2 is 1.83 bits per heavy atom. The predicted molar refractivity (Wildman–Crippen MR) is 70.6 cm³/mol. The molecule has 98 valence electrons. The Labute approximate surface area is 108 Å². The number of rotatable bonds is 5. The van der Waals surface area contributed by atoms with Crippen LogP contribution in [0.5, 0.6) is 0 Å². The van der Waals surface area contributed by atoms with Crippen LogP contribution in [0.15, 0.2) is 30.3 Å². The van der Waals surface area contributed by atoms with Crippen molar-refractivity contribution in [2.75, 3.05) is 0 Å². The molecule has 1 rings (SSSR count). The van der Waals surface area contributed by atoms with Gasteiger partial charge >= 0.3 is 0 Å². The molecule has 0 radical (unpaired) electrons. The number of carbonyl (C=O) groups is 2. The third-order valence-electron chi connectivity index (χ3n) is 3.19. The van der Waals surface area contributed by atoms with E-state index in [9.17, 15) is 9.59 Å². The fourth-order valence-corrected chi connectivity index (χ4v) is 1.45. The van der Waals surface area contributed by atoms with Crippen LogP contribution in [-0.4, -0.2) is 11.8 Å². The van der Waals surface area contributed by atoms with Gasteiger partial charge in [0, 0.05) is 5.41 Å². The Bertz CT molecular complexity index is 427. The van der Waals surface area contributed by atoms with Crippen molar-refractivity contribution in [1.29, 1.82) is 0 Å². The lowest BCUT2D eigenvalue weighted by atomic mass is 9.88. The largest absolute Gasteiger partial charge is 0.368 e. The first-order valence-electron chi connectivity index (χ1n) is 6.03. The van der Waals surface area contributed by atoms with E-state index in [0.717, 1.165) is 0 Å². The van der Waals surface area contributed by atoms with Crippen molar-refractivity contribution in [2.24, 2.45) is 11.1 Å². The second-order valence-electron chi connectivity index (χ2n) is 4.96. The zero-order valence-electron chi connectivity index (χ0n) is 11.1. The smallest absolute Gasteiger partial charge is 0.244 e. The maximum absolute atomic E-state index is 12.1. The van der Waals surface area contributed by atoms with Gasteiger partial charge in [-0.15, -0.1) is 0 Å². The summed E-state index contributed by atoms with van der Waals surface area (Å²) in [6.07, 6.45) is 0.694. The molecule has 0 aliphatic heterocycles. The fraction of sp³-hybridized carbons (Fsp3) is 0.429. The molecule has 0 bridgehead atoms. The molecule has 0 aliphatic rings. The predicted octanol–water partition coefficient (Wildman–Crippen LogP) is 1.77. The monoisotopic (exact) mass is 248 g/mol. The van der Waals surface area contributed by atoms with Gasteiger partial charge in [-0.3, -0.25) is 9.59 Å². The summed E-state index contributed by atoms with van der Waals surface area (Å²) in [5, 5.41) is 2.71. The number of primary amides is 1. The summed E-state index contributed by atoms with van der Waals surface area (Å²) in [7, 11) is 0. The van der Waals surface area contributed by atoms with Crippen molar-refractivity contribution in [3.05, 3.63) is 35.9 Å². The number of carbonyl (C=O) groups excluding carboxylic acids is 2. The first-order chi connectivity index (χ1) is 8.38. The van der Waals surface area contributed by atoms with Crippen LogP contribution in [0, 0.1) is 5.41 Å². The van der Waals surface area contributed by atoms with Crippen molar-refractivity contribution in [1.82, 2.24) is 5.32 Å². The fourth-order valence-electron chi connectivity index (χ4n) is 1.45. The molecule has 1 atom stereocenters. The normalized spacial score (nSPS) is 12.8. The van der Waals surface area contributed by atoms with Gasteiger partial charge in [0.25, 0.3) is 0 Å². The quantitative estimate of drug-likeness (QED) is 0.833. The lowest BCUT2D eigenvalue weighted by Crippen LogP contribution is -2.43. The Morgan fingerprint density at radius 3 is 2.28 bits per heavy atom. The summed E-state index contributed by atoms with van der Waals surface area (Å²) in [5.41, 5.74) is 5.54. The topological polar surface area (TPSA) is 72.2 Å². The number of amides is 2. The molecular weight excluding hydrogens is 228 g/mol. The highest BCUT2D eigenvalue weighted by molar-refractivity contribution is 5.89. The number of hydrogen-bond donors (Lipinski definition) is 2.